The lowest BCUT2D eigenvalue weighted by atomic mass is 10.2. The Labute approximate surface area is 155 Å². The zero-order chi connectivity index (χ0) is 18.3. The van der Waals surface area contributed by atoms with E-state index in [0.29, 0.717) is 22.6 Å². The maximum absolute atomic E-state index is 12.6. The van der Waals surface area contributed by atoms with Crippen LogP contribution in [0.3, 0.4) is 0 Å². The summed E-state index contributed by atoms with van der Waals surface area (Å²) in [6.45, 7) is 1.33. The van der Waals surface area contributed by atoms with Crippen LogP contribution >= 0.6 is 12.2 Å². The van der Waals surface area contributed by atoms with Crippen molar-refractivity contribution in [2.45, 2.75) is 13.2 Å². The summed E-state index contributed by atoms with van der Waals surface area (Å²) in [7, 11) is 3.75. The number of aryl methyl sites for hydroxylation is 1. The predicted molar refractivity (Wildman–Crippen MR) is 105 cm³/mol. The minimum atomic E-state index is -0.0714. The van der Waals surface area contributed by atoms with Crippen molar-refractivity contribution in [3.8, 4) is 0 Å². The summed E-state index contributed by atoms with van der Waals surface area (Å²) in [6.07, 6.45) is 0. The van der Waals surface area contributed by atoms with E-state index in [4.69, 9.17) is 12.2 Å². The number of nitrogens with zero attached hydrogens (tertiary/aromatic N) is 5. The van der Waals surface area contributed by atoms with Crippen LogP contribution < -0.4 is 5.56 Å². The Morgan fingerprint density at radius 1 is 1.08 bits per heavy atom. The number of rotatable bonds is 4. The molecule has 0 saturated heterocycles. The molecule has 0 atom stereocenters. The molecule has 0 spiro atoms. The van der Waals surface area contributed by atoms with Gasteiger partial charge in [-0.1, -0.05) is 42.5 Å². The highest BCUT2D eigenvalue weighted by Gasteiger charge is 2.14. The second-order valence-electron chi connectivity index (χ2n) is 6.44. The smallest absolute Gasteiger partial charge is 0.262 e. The number of benzene rings is 2. The predicted octanol–water partition coefficient (Wildman–Crippen LogP) is 2.81. The first-order chi connectivity index (χ1) is 12.6. The molecular formula is C19H19N5OS. The highest BCUT2D eigenvalue weighted by molar-refractivity contribution is 7.71. The standard InChI is InChI=1S/C19H19N5OS/c1-21(12-14-8-4-3-5-9-14)13-23-19(26)24-16-11-7-6-10-15(16)17(25)22(2)18(24)20-23/h3-11H,12-13H2,1-2H3. The van der Waals surface area contributed by atoms with Crippen LogP contribution in [0.25, 0.3) is 16.7 Å². The van der Waals surface area contributed by atoms with Gasteiger partial charge in [0.2, 0.25) is 10.5 Å². The number of para-hydroxylation sites is 1. The molecule has 0 N–H and O–H groups in total. The van der Waals surface area contributed by atoms with Crippen molar-refractivity contribution in [1.82, 2.24) is 23.6 Å². The Morgan fingerprint density at radius 3 is 2.54 bits per heavy atom. The van der Waals surface area contributed by atoms with Crippen LogP contribution in [-0.2, 0) is 20.3 Å². The van der Waals surface area contributed by atoms with Gasteiger partial charge in [-0.25, -0.2) is 4.68 Å². The second kappa shape index (κ2) is 6.51. The quantitative estimate of drug-likeness (QED) is 0.522. The zero-order valence-electron chi connectivity index (χ0n) is 14.7. The van der Waals surface area contributed by atoms with Gasteiger partial charge in [0.1, 0.15) is 0 Å². The van der Waals surface area contributed by atoms with Gasteiger partial charge >= 0.3 is 0 Å². The molecule has 4 aromatic rings. The van der Waals surface area contributed by atoms with Crippen molar-refractivity contribution in [1.29, 1.82) is 0 Å². The summed E-state index contributed by atoms with van der Waals surface area (Å²) in [6, 6.07) is 17.7. The van der Waals surface area contributed by atoms with Gasteiger partial charge in [0, 0.05) is 13.6 Å². The van der Waals surface area contributed by atoms with E-state index in [-0.39, 0.29) is 5.56 Å². The molecule has 0 amide bonds. The number of aromatic nitrogens is 4. The van der Waals surface area contributed by atoms with Crippen LogP contribution in [0.5, 0.6) is 0 Å². The maximum Gasteiger partial charge on any atom is 0.262 e. The summed E-state index contributed by atoms with van der Waals surface area (Å²) < 4.78 is 5.75. The Morgan fingerprint density at radius 2 is 1.77 bits per heavy atom. The van der Waals surface area contributed by atoms with Crippen LogP contribution in [-0.4, -0.2) is 30.7 Å². The van der Waals surface area contributed by atoms with Crippen molar-refractivity contribution in [3.05, 3.63) is 75.3 Å². The Bertz CT molecular complexity index is 1210. The molecule has 7 heteroatoms. The average Bonchev–Trinajstić information content (AvgIpc) is 2.97. The lowest BCUT2D eigenvalue weighted by molar-refractivity contribution is 0.244. The van der Waals surface area contributed by atoms with Gasteiger partial charge in [-0.2, -0.15) is 0 Å². The fourth-order valence-electron chi connectivity index (χ4n) is 3.21. The fourth-order valence-corrected chi connectivity index (χ4v) is 3.49. The molecule has 0 saturated carbocycles. The lowest BCUT2D eigenvalue weighted by Crippen LogP contribution is -2.22. The van der Waals surface area contributed by atoms with E-state index < -0.39 is 0 Å². The Kier molecular flexibility index (Phi) is 4.18. The molecule has 0 aliphatic carbocycles. The van der Waals surface area contributed by atoms with Crippen LogP contribution in [0, 0.1) is 4.77 Å². The molecule has 0 bridgehead atoms. The molecular weight excluding hydrogens is 346 g/mol. The normalized spacial score (nSPS) is 11.7. The summed E-state index contributed by atoms with van der Waals surface area (Å²) in [4.78, 5) is 14.7. The summed E-state index contributed by atoms with van der Waals surface area (Å²) in [5, 5.41) is 5.24. The van der Waals surface area contributed by atoms with Gasteiger partial charge in [-0.3, -0.25) is 18.7 Å². The average molecular weight is 365 g/mol. The third-order valence-corrected chi connectivity index (χ3v) is 4.87. The number of fused-ring (bicyclic) bond motifs is 3. The first-order valence-corrected chi connectivity index (χ1v) is 8.77. The van der Waals surface area contributed by atoms with Crippen LogP contribution in [0.4, 0.5) is 0 Å². The molecule has 0 aliphatic heterocycles. The molecule has 0 aliphatic rings. The molecule has 26 heavy (non-hydrogen) atoms. The Hall–Kier alpha value is -2.77. The summed E-state index contributed by atoms with van der Waals surface area (Å²) in [5.74, 6) is 0.548. The topological polar surface area (TPSA) is 47.5 Å². The van der Waals surface area contributed by atoms with Crippen molar-refractivity contribution in [2.24, 2.45) is 7.05 Å². The SMILES string of the molecule is CN(Cc1ccccc1)Cn1nc2n(C)c(=O)c3ccccc3n2c1=S. The highest BCUT2D eigenvalue weighted by atomic mass is 32.1. The highest BCUT2D eigenvalue weighted by Crippen LogP contribution is 2.14. The fraction of sp³-hybridized carbons (Fsp3) is 0.211. The van der Waals surface area contributed by atoms with Crippen molar-refractivity contribution in [3.63, 3.8) is 0 Å². The van der Waals surface area contributed by atoms with E-state index in [1.165, 1.54) is 5.56 Å². The van der Waals surface area contributed by atoms with Crippen molar-refractivity contribution >= 4 is 28.9 Å². The largest absolute Gasteiger partial charge is 0.283 e. The third-order valence-electron chi connectivity index (χ3n) is 4.47. The van der Waals surface area contributed by atoms with E-state index in [9.17, 15) is 4.79 Å². The first-order valence-electron chi connectivity index (χ1n) is 8.36. The lowest BCUT2D eigenvalue weighted by Gasteiger charge is -2.16. The molecule has 6 nitrogen and oxygen atoms in total. The van der Waals surface area contributed by atoms with Crippen LogP contribution in [0.1, 0.15) is 5.56 Å². The third kappa shape index (κ3) is 2.75. The molecule has 4 rings (SSSR count). The van der Waals surface area contributed by atoms with Crippen molar-refractivity contribution < 1.29 is 0 Å². The van der Waals surface area contributed by atoms with Gasteiger partial charge in [-0.05, 0) is 37.0 Å². The molecule has 2 aromatic carbocycles. The minimum absolute atomic E-state index is 0.0714. The molecule has 0 fully saturated rings. The molecule has 0 unspecified atom stereocenters. The van der Waals surface area contributed by atoms with E-state index in [1.807, 2.05) is 53.9 Å². The van der Waals surface area contributed by atoms with Gasteiger partial charge in [-0.15, -0.1) is 5.10 Å². The summed E-state index contributed by atoms with van der Waals surface area (Å²) >= 11 is 5.66. The van der Waals surface area contributed by atoms with E-state index >= 15 is 0 Å². The molecule has 2 aromatic heterocycles. The first kappa shape index (κ1) is 16.7. The maximum atomic E-state index is 12.6. The van der Waals surface area contributed by atoms with Crippen LogP contribution in [0.2, 0.25) is 0 Å². The Balaban J connectivity index is 1.79. The molecule has 2 heterocycles. The monoisotopic (exact) mass is 365 g/mol. The zero-order valence-corrected chi connectivity index (χ0v) is 15.5. The van der Waals surface area contributed by atoms with E-state index in [2.05, 4.69) is 22.1 Å². The minimum Gasteiger partial charge on any atom is -0.283 e. The molecule has 132 valence electrons. The van der Waals surface area contributed by atoms with E-state index in [0.717, 1.165) is 12.1 Å². The number of hydrogen-bond acceptors (Lipinski definition) is 4. The number of hydrogen-bond donors (Lipinski definition) is 0. The second-order valence-corrected chi connectivity index (χ2v) is 6.81. The van der Waals surface area contributed by atoms with Gasteiger partial charge < -0.3 is 0 Å². The van der Waals surface area contributed by atoms with Gasteiger partial charge in [0.05, 0.1) is 17.6 Å². The van der Waals surface area contributed by atoms with E-state index in [1.54, 1.807) is 16.3 Å². The van der Waals surface area contributed by atoms with Crippen molar-refractivity contribution in [2.75, 3.05) is 7.05 Å². The summed E-state index contributed by atoms with van der Waals surface area (Å²) in [5.41, 5.74) is 1.94. The van der Waals surface area contributed by atoms with Gasteiger partial charge in [0.15, 0.2) is 0 Å². The molecule has 0 radical (unpaired) electrons. The van der Waals surface area contributed by atoms with Gasteiger partial charge in [0.25, 0.3) is 5.56 Å². The van der Waals surface area contributed by atoms with Crippen LogP contribution in [0.15, 0.2) is 59.4 Å².